The molecule has 2 aliphatic heterocycles. The van der Waals surface area contributed by atoms with Crippen LogP contribution in [0.5, 0.6) is 11.5 Å². The van der Waals surface area contributed by atoms with E-state index in [2.05, 4.69) is 15.6 Å². The fourth-order valence-electron chi connectivity index (χ4n) is 3.15. The molecule has 32 heavy (non-hydrogen) atoms. The van der Waals surface area contributed by atoms with E-state index in [1.807, 2.05) is 35.2 Å². The van der Waals surface area contributed by atoms with Crippen molar-refractivity contribution < 1.29 is 23.7 Å². The summed E-state index contributed by atoms with van der Waals surface area (Å²) in [7, 11) is 0. The quantitative estimate of drug-likeness (QED) is 0.505. The largest absolute Gasteiger partial charge is 0.458 e. The predicted octanol–water partition coefficient (Wildman–Crippen LogP) is 3.92. The first kappa shape index (κ1) is 22.3. The molecule has 0 saturated carbocycles. The summed E-state index contributed by atoms with van der Waals surface area (Å²) in [5.41, 5.74) is 0.797. The van der Waals surface area contributed by atoms with Gasteiger partial charge >= 0.3 is 12.1 Å². The minimum absolute atomic E-state index is 0.162. The van der Waals surface area contributed by atoms with E-state index >= 15 is 0 Å². The molecule has 9 nitrogen and oxygen atoms in total. The Morgan fingerprint density at radius 2 is 1.75 bits per heavy atom. The molecular weight excluding hydrogens is 459 g/mol. The van der Waals surface area contributed by atoms with Crippen LogP contribution in [-0.2, 0) is 9.47 Å². The number of nitrogens with one attached hydrogen (secondary N) is 2. The zero-order valence-corrected chi connectivity index (χ0v) is 18.8. The number of benzene rings is 2. The fourth-order valence-corrected chi connectivity index (χ4v) is 3.46. The third-order valence-corrected chi connectivity index (χ3v) is 5.33. The zero-order chi connectivity index (χ0) is 22.6. The molecular formula is C21H22Cl2N4O5. The molecule has 0 aromatic heterocycles. The van der Waals surface area contributed by atoms with Crippen LogP contribution < -0.4 is 20.1 Å². The van der Waals surface area contributed by atoms with Crippen molar-refractivity contribution in [1.82, 2.24) is 10.2 Å². The maximum atomic E-state index is 12.3. The lowest BCUT2D eigenvalue weighted by atomic mass is 10.3. The van der Waals surface area contributed by atoms with E-state index < -0.39 is 12.1 Å². The van der Waals surface area contributed by atoms with Crippen LogP contribution in [0.2, 0.25) is 10.0 Å². The Bertz CT molecular complexity index is 968. The van der Waals surface area contributed by atoms with Crippen LogP contribution in [0.4, 0.5) is 10.5 Å². The normalized spacial score (nSPS) is 17.1. The molecule has 170 valence electrons. The number of halogens is 2. The van der Waals surface area contributed by atoms with Crippen molar-refractivity contribution in [1.29, 1.82) is 0 Å². The van der Waals surface area contributed by atoms with Gasteiger partial charge in [-0.15, -0.1) is 4.99 Å². The lowest BCUT2D eigenvalue weighted by Crippen LogP contribution is -2.56. The molecule has 2 aromatic rings. The number of guanidine groups is 1. The van der Waals surface area contributed by atoms with Gasteiger partial charge < -0.3 is 29.2 Å². The number of alkyl carbamates (subject to hydrolysis) is 1. The minimum Gasteiger partial charge on any atom is -0.450 e. The molecule has 2 aromatic carbocycles. The van der Waals surface area contributed by atoms with Gasteiger partial charge in [-0.05, 0) is 19.1 Å². The first-order valence-electron chi connectivity index (χ1n) is 10.0. The molecule has 0 spiro atoms. The molecule has 1 saturated heterocycles. The highest BCUT2D eigenvalue weighted by Gasteiger charge is 2.46. The maximum absolute atomic E-state index is 12.3. The number of anilines is 1. The Morgan fingerprint density at radius 1 is 1.12 bits per heavy atom. The Balaban J connectivity index is 1.72. The molecule has 1 fully saturated rings. The van der Waals surface area contributed by atoms with Gasteiger partial charge in [-0.3, -0.25) is 0 Å². The maximum Gasteiger partial charge on any atom is 0.458 e. The van der Waals surface area contributed by atoms with Crippen molar-refractivity contribution in [2.45, 2.75) is 13.0 Å². The summed E-state index contributed by atoms with van der Waals surface area (Å²) in [6, 6.07) is 10.6. The number of morpholine rings is 1. The number of hydrogen-bond acceptors (Lipinski definition) is 6. The Labute approximate surface area is 195 Å². The molecule has 2 heterocycles. The third-order valence-electron chi connectivity index (χ3n) is 4.61. The molecule has 2 aliphatic rings. The van der Waals surface area contributed by atoms with E-state index in [1.54, 1.807) is 6.92 Å². The Kier molecular flexibility index (Phi) is 6.78. The van der Waals surface area contributed by atoms with Gasteiger partial charge in [-0.2, -0.15) is 0 Å². The Hall–Kier alpha value is -2.88. The van der Waals surface area contributed by atoms with Crippen LogP contribution in [0.25, 0.3) is 0 Å². The molecule has 4 rings (SSSR count). The summed E-state index contributed by atoms with van der Waals surface area (Å²) in [6.45, 7) is 4.07. The summed E-state index contributed by atoms with van der Waals surface area (Å²) < 4.78 is 22.4. The molecule has 0 atom stereocenters. The average Bonchev–Trinajstić information content (AvgIpc) is 3.11. The number of para-hydroxylation sites is 1. The smallest absolute Gasteiger partial charge is 0.450 e. The highest BCUT2D eigenvalue weighted by atomic mass is 35.5. The van der Waals surface area contributed by atoms with E-state index in [0.717, 1.165) is 5.69 Å². The summed E-state index contributed by atoms with van der Waals surface area (Å²) in [4.78, 5) is 19.0. The molecule has 0 aliphatic carbocycles. The molecule has 0 radical (unpaired) electrons. The summed E-state index contributed by atoms with van der Waals surface area (Å²) in [5, 5.41) is 6.39. The Morgan fingerprint density at radius 3 is 2.34 bits per heavy atom. The first-order valence-corrected chi connectivity index (χ1v) is 10.8. The van der Waals surface area contributed by atoms with Gasteiger partial charge in [0.2, 0.25) is 5.96 Å². The number of nitrogens with zero attached hydrogens (tertiary/aromatic N) is 2. The lowest BCUT2D eigenvalue weighted by Gasteiger charge is -2.32. The van der Waals surface area contributed by atoms with Crippen LogP contribution >= 0.6 is 23.2 Å². The van der Waals surface area contributed by atoms with E-state index in [1.165, 1.54) is 12.1 Å². The average molecular weight is 481 g/mol. The second kappa shape index (κ2) is 9.72. The van der Waals surface area contributed by atoms with Crippen molar-refractivity contribution in [3.05, 3.63) is 52.5 Å². The van der Waals surface area contributed by atoms with Crippen molar-refractivity contribution in [2.75, 3.05) is 38.2 Å². The van der Waals surface area contributed by atoms with Gasteiger partial charge in [-0.1, -0.05) is 41.4 Å². The number of aliphatic imine (C=N–C) groups is 1. The SMILES string of the molecule is CCOC(=O)NC1(N=C(Nc2ccccc2)N2CCOCC2)Oc2cc(Cl)c(Cl)cc2O1. The van der Waals surface area contributed by atoms with Crippen molar-refractivity contribution in [3.8, 4) is 11.5 Å². The number of hydrogen-bond donors (Lipinski definition) is 2. The molecule has 2 N–H and O–H groups in total. The predicted molar refractivity (Wildman–Crippen MR) is 120 cm³/mol. The summed E-state index contributed by atoms with van der Waals surface area (Å²) in [6.07, 6.45) is -0.762. The van der Waals surface area contributed by atoms with Gasteiger partial charge in [0.25, 0.3) is 0 Å². The number of amides is 1. The highest BCUT2D eigenvalue weighted by Crippen LogP contribution is 2.43. The first-order chi connectivity index (χ1) is 15.5. The fraction of sp³-hybridized carbons (Fsp3) is 0.333. The number of rotatable bonds is 4. The van der Waals surface area contributed by atoms with E-state index in [-0.39, 0.29) is 28.2 Å². The van der Waals surface area contributed by atoms with Gasteiger partial charge in [0.05, 0.1) is 29.9 Å². The zero-order valence-electron chi connectivity index (χ0n) is 17.3. The van der Waals surface area contributed by atoms with Gasteiger partial charge in [-0.25, -0.2) is 10.1 Å². The van der Waals surface area contributed by atoms with Gasteiger partial charge in [0.15, 0.2) is 11.5 Å². The van der Waals surface area contributed by atoms with Crippen LogP contribution in [0.1, 0.15) is 6.92 Å². The molecule has 1 amide bonds. The van der Waals surface area contributed by atoms with Gasteiger partial charge in [0, 0.05) is 30.9 Å². The number of fused-ring (bicyclic) bond motifs is 1. The van der Waals surface area contributed by atoms with E-state index in [0.29, 0.717) is 32.3 Å². The van der Waals surface area contributed by atoms with Crippen molar-refractivity contribution in [3.63, 3.8) is 0 Å². The third kappa shape index (κ3) is 5.12. The number of carbonyl (C=O) groups excluding carboxylic acids is 1. The van der Waals surface area contributed by atoms with Gasteiger partial charge in [0.1, 0.15) is 0 Å². The number of ether oxygens (including phenoxy) is 4. The monoisotopic (exact) mass is 480 g/mol. The topological polar surface area (TPSA) is 93.7 Å². The van der Waals surface area contributed by atoms with Crippen LogP contribution in [-0.4, -0.2) is 55.9 Å². The van der Waals surface area contributed by atoms with Crippen molar-refractivity contribution in [2.24, 2.45) is 4.99 Å². The van der Waals surface area contributed by atoms with E-state index in [9.17, 15) is 4.79 Å². The second-order valence-electron chi connectivity index (χ2n) is 6.87. The molecule has 0 unspecified atom stereocenters. The highest BCUT2D eigenvalue weighted by molar-refractivity contribution is 6.42. The van der Waals surface area contributed by atoms with E-state index in [4.69, 9.17) is 42.1 Å². The summed E-state index contributed by atoms with van der Waals surface area (Å²) >= 11 is 12.3. The van der Waals surface area contributed by atoms with Crippen LogP contribution in [0, 0.1) is 0 Å². The lowest BCUT2D eigenvalue weighted by molar-refractivity contribution is -0.0954. The minimum atomic E-state index is -1.93. The summed E-state index contributed by atoms with van der Waals surface area (Å²) in [5.74, 6) is 0.975. The van der Waals surface area contributed by atoms with Crippen LogP contribution in [0.15, 0.2) is 47.5 Å². The standard InChI is InChI=1S/C21H22Cl2N4O5/c1-2-30-20(28)26-21(31-17-12-15(22)16(23)13-18(17)32-21)25-19(27-8-10-29-11-9-27)24-14-6-4-3-5-7-14/h3-7,12-13H,2,8-11H2,1H3,(H,24,25)(H,26,28). The van der Waals surface area contributed by atoms with Crippen LogP contribution in [0.3, 0.4) is 0 Å². The van der Waals surface area contributed by atoms with Crippen molar-refractivity contribution >= 4 is 40.9 Å². The number of carbonyl (C=O) groups is 1. The molecule has 11 heteroatoms. The molecule has 0 bridgehead atoms. The second-order valence-corrected chi connectivity index (χ2v) is 7.68.